The van der Waals surface area contributed by atoms with Gasteiger partial charge in [-0.3, -0.25) is 14.9 Å². The summed E-state index contributed by atoms with van der Waals surface area (Å²) < 4.78 is 67.1. The Morgan fingerprint density at radius 2 is 1.64 bits per heavy atom. The van der Waals surface area contributed by atoms with E-state index in [0.29, 0.717) is 5.56 Å². The number of piperazine rings is 1. The van der Waals surface area contributed by atoms with Crippen LogP contribution in [0.25, 0.3) is 6.08 Å². The first-order valence-corrected chi connectivity index (χ1v) is 11.0. The van der Waals surface area contributed by atoms with Crippen molar-refractivity contribution in [2.45, 2.75) is 11.3 Å². The van der Waals surface area contributed by atoms with E-state index in [2.05, 4.69) is 4.74 Å². The van der Waals surface area contributed by atoms with Gasteiger partial charge in [0.1, 0.15) is 5.75 Å². The van der Waals surface area contributed by atoms with Crippen LogP contribution in [-0.2, 0) is 14.8 Å². The molecule has 0 aliphatic carbocycles. The van der Waals surface area contributed by atoms with Crippen molar-refractivity contribution in [3.63, 3.8) is 0 Å². The summed E-state index contributed by atoms with van der Waals surface area (Å²) in [6.45, 7) is 0.0532. The van der Waals surface area contributed by atoms with Crippen LogP contribution in [-0.4, -0.2) is 61.0 Å². The van der Waals surface area contributed by atoms with Gasteiger partial charge in [0, 0.05) is 38.3 Å². The molecule has 1 fully saturated rings. The van der Waals surface area contributed by atoms with Crippen LogP contribution < -0.4 is 4.74 Å². The Balaban J connectivity index is 1.61. The van der Waals surface area contributed by atoms with E-state index in [9.17, 15) is 36.5 Å². The quantitative estimate of drug-likeness (QED) is 0.353. The molecule has 0 spiro atoms. The molecule has 0 unspecified atom stereocenters. The fourth-order valence-corrected chi connectivity index (χ4v) is 4.75. The summed E-state index contributed by atoms with van der Waals surface area (Å²) >= 11 is 0. The van der Waals surface area contributed by atoms with Gasteiger partial charge in [-0.1, -0.05) is 24.3 Å². The fourth-order valence-electron chi connectivity index (χ4n) is 3.17. The third-order valence-electron chi connectivity index (χ3n) is 4.76. The topological polar surface area (TPSA) is 110 Å². The molecular weight excluding hydrogens is 467 g/mol. The zero-order valence-corrected chi connectivity index (χ0v) is 17.8. The lowest BCUT2D eigenvalue weighted by Gasteiger charge is -2.33. The molecule has 33 heavy (non-hydrogen) atoms. The molecule has 0 aromatic heterocycles. The summed E-state index contributed by atoms with van der Waals surface area (Å²) in [5.74, 6) is -0.796. The second kappa shape index (κ2) is 9.58. The first-order chi connectivity index (χ1) is 15.5. The molecule has 3 rings (SSSR count). The van der Waals surface area contributed by atoms with Gasteiger partial charge in [0.2, 0.25) is 15.9 Å². The van der Waals surface area contributed by atoms with Crippen LogP contribution in [0.2, 0.25) is 0 Å². The number of sulfonamides is 1. The molecule has 0 radical (unpaired) electrons. The number of ether oxygens (including phenoxy) is 1. The Hall–Kier alpha value is -3.45. The number of rotatable bonds is 6. The summed E-state index contributed by atoms with van der Waals surface area (Å²) in [6.07, 6.45) is -2.16. The number of alkyl halides is 3. The lowest BCUT2D eigenvalue weighted by Crippen LogP contribution is -2.50. The molecule has 9 nitrogen and oxygen atoms in total. The maximum atomic E-state index is 12.8. The van der Waals surface area contributed by atoms with Gasteiger partial charge in [-0.2, -0.15) is 4.31 Å². The maximum Gasteiger partial charge on any atom is 0.573 e. The molecule has 1 amide bonds. The van der Waals surface area contributed by atoms with E-state index in [-0.39, 0.29) is 31.9 Å². The molecule has 0 bridgehead atoms. The number of nitro groups is 1. The summed E-state index contributed by atoms with van der Waals surface area (Å²) in [7, 11) is -4.12. The Morgan fingerprint density at radius 3 is 2.21 bits per heavy atom. The summed E-state index contributed by atoms with van der Waals surface area (Å²) in [6, 6.07) is 9.97. The summed E-state index contributed by atoms with van der Waals surface area (Å²) in [4.78, 5) is 23.8. The highest BCUT2D eigenvalue weighted by Crippen LogP contribution is 2.27. The van der Waals surface area contributed by atoms with Crippen molar-refractivity contribution in [1.82, 2.24) is 9.21 Å². The minimum atomic E-state index is -4.80. The van der Waals surface area contributed by atoms with Crippen molar-refractivity contribution < 1.29 is 36.0 Å². The van der Waals surface area contributed by atoms with Gasteiger partial charge >= 0.3 is 6.36 Å². The Morgan fingerprint density at radius 1 is 1.03 bits per heavy atom. The van der Waals surface area contributed by atoms with Gasteiger partial charge in [-0.25, -0.2) is 8.42 Å². The van der Waals surface area contributed by atoms with E-state index in [0.717, 1.165) is 22.5 Å². The largest absolute Gasteiger partial charge is 0.573 e. The molecule has 1 aliphatic rings. The number of hydrogen-bond acceptors (Lipinski definition) is 6. The number of amides is 1. The molecule has 13 heteroatoms. The average Bonchev–Trinajstić information content (AvgIpc) is 2.77. The third kappa shape index (κ3) is 6.08. The lowest BCUT2D eigenvalue weighted by atomic mass is 10.2. The number of nitrogens with zero attached hydrogens (tertiary/aromatic N) is 3. The third-order valence-corrected chi connectivity index (χ3v) is 6.71. The molecule has 2 aromatic rings. The van der Waals surface area contributed by atoms with Crippen molar-refractivity contribution in [2.75, 3.05) is 26.2 Å². The number of para-hydroxylation sites is 1. The summed E-state index contributed by atoms with van der Waals surface area (Å²) in [5.41, 5.74) is -0.0546. The molecule has 1 heterocycles. The van der Waals surface area contributed by atoms with Crippen LogP contribution >= 0.6 is 0 Å². The van der Waals surface area contributed by atoms with Crippen LogP contribution in [0.1, 0.15) is 5.56 Å². The first kappa shape index (κ1) is 24.2. The maximum absolute atomic E-state index is 12.8. The standard InChI is InChI=1S/C20H18F3N3O6S/c21-20(22,23)32-16-8-5-15(6-9-16)7-10-19(27)24-11-13-25(14-12-24)33(30,31)18-4-2-1-3-17(18)26(28)29/h1-10H,11-14H2/b10-7+. The number of benzene rings is 2. The molecule has 176 valence electrons. The molecular formula is C20H18F3N3O6S. The predicted molar refractivity (Wildman–Crippen MR) is 111 cm³/mol. The van der Waals surface area contributed by atoms with Crippen molar-refractivity contribution in [1.29, 1.82) is 0 Å². The highest BCUT2D eigenvalue weighted by Gasteiger charge is 2.34. The van der Waals surface area contributed by atoms with E-state index < -0.39 is 37.8 Å². The Labute approximate surface area is 186 Å². The number of nitro benzene ring substituents is 1. The zero-order chi connectivity index (χ0) is 24.2. The average molecular weight is 485 g/mol. The number of carbonyl (C=O) groups is 1. The fraction of sp³-hybridized carbons (Fsp3) is 0.250. The Bertz CT molecular complexity index is 1160. The SMILES string of the molecule is O=C(/C=C/c1ccc(OC(F)(F)F)cc1)N1CCN(S(=O)(=O)c2ccccc2[N+](=O)[O-])CC1. The van der Waals surface area contributed by atoms with Crippen LogP contribution in [0.4, 0.5) is 18.9 Å². The van der Waals surface area contributed by atoms with Gasteiger partial charge in [-0.15, -0.1) is 13.2 Å². The van der Waals surface area contributed by atoms with Crippen LogP contribution in [0.15, 0.2) is 59.5 Å². The zero-order valence-electron chi connectivity index (χ0n) is 16.9. The lowest BCUT2D eigenvalue weighted by molar-refractivity contribution is -0.387. The first-order valence-electron chi connectivity index (χ1n) is 9.54. The van der Waals surface area contributed by atoms with E-state index in [1.165, 1.54) is 47.4 Å². The van der Waals surface area contributed by atoms with Crippen molar-refractivity contribution in [3.05, 3.63) is 70.3 Å². The highest BCUT2D eigenvalue weighted by atomic mass is 32.2. The van der Waals surface area contributed by atoms with Crippen molar-refractivity contribution in [3.8, 4) is 5.75 Å². The molecule has 2 aromatic carbocycles. The second-order valence-corrected chi connectivity index (χ2v) is 8.81. The van der Waals surface area contributed by atoms with E-state index in [1.807, 2.05) is 0 Å². The van der Waals surface area contributed by atoms with E-state index in [4.69, 9.17) is 0 Å². The number of carbonyl (C=O) groups excluding carboxylic acids is 1. The smallest absolute Gasteiger partial charge is 0.406 e. The molecule has 1 saturated heterocycles. The highest BCUT2D eigenvalue weighted by molar-refractivity contribution is 7.89. The number of halogens is 3. The van der Waals surface area contributed by atoms with Crippen LogP contribution in [0.5, 0.6) is 5.75 Å². The minimum absolute atomic E-state index is 0.0442. The van der Waals surface area contributed by atoms with E-state index >= 15 is 0 Å². The Kier molecular flexibility index (Phi) is 7.03. The van der Waals surface area contributed by atoms with Crippen molar-refractivity contribution in [2.24, 2.45) is 0 Å². The van der Waals surface area contributed by atoms with Crippen LogP contribution in [0.3, 0.4) is 0 Å². The van der Waals surface area contributed by atoms with Crippen molar-refractivity contribution >= 4 is 27.7 Å². The van der Waals surface area contributed by atoms with Gasteiger partial charge < -0.3 is 9.64 Å². The van der Waals surface area contributed by atoms with Gasteiger partial charge in [0.25, 0.3) is 5.69 Å². The monoisotopic (exact) mass is 485 g/mol. The second-order valence-electron chi connectivity index (χ2n) is 6.90. The normalized spacial score (nSPS) is 15.5. The summed E-state index contributed by atoms with van der Waals surface area (Å²) in [5, 5.41) is 11.2. The van der Waals surface area contributed by atoms with Gasteiger partial charge in [0.15, 0.2) is 4.90 Å². The number of hydrogen-bond donors (Lipinski definition) is 0. The van der Waals surface area contributed by atoms with E-state index in [1.54, 1.807) is 0 Å². The minimum Gasteiger partial charge on any atom is -0.406 e. The molecule has 0 saturated carbocycles. The predicted octanol–water partition coefficient (Wildman–Crippen LogP) is 3.04. The molecule has 0 atom stereocenters. The van der Waals surface area contributed by atoms with Gasteiger partial charge in [-0.05, 0) is 29.8 Å². The molecule has 0 N–H and O–H groups in total. The van der Waals surface area contributed by atoms with Crippen LogP contribution in [0, 0.1) is 10.1 Å². The molecule has 1 aliphatic heterocycles. The van der Waals surface area contributed by atoms with Gasteiger partial charge in [0.05, 0.1) is 4.92 Å².